The lowest BCUT2D eigenvalue weighted by Crippen LogP contribution is -2.20. The molecule has 0 saturated heterocycles. The molecule has 0 fully saturated rings. The van der Waals surface area contributed by atoms with Crippen molar-refractivity contribution in [3.8, 4) is 5.75 Å². The third-order valence-corrected chi connectivity index (χ3v) is 2.43. The summed E-state index contributed by atoms with van der Waals surface area (Å²) in [7, 11) is 0. The Hall–Kier alpha value is -1.22. The van der Waals surface area contributed by atoms with Crippen molar-refractivity contribution in [2.75, 3.05) is 11.9 Å². The number of halogens is 1. The van der Waals surface area contributed by atoms with Crippen molar-refractivity contribution in [3.63, 3.8) is 0 Å². The number of unbranched alkanes of at least 4 members (excludes halogenated alkanes) is 1. The van der Waals surface area contributed by atoms with Crippen LogP contribution in [0.15, 0.2) is 24.3 Å². The molecule has 0 aliphatic carbocycles. The summed E-state index contributed by atoms with van der Waals surface area (Å²) >= 11 is 5.68. The van der Waals surface area contributed by atoms with Gasteiger partial charge < -0.3 is 10.1 Å². The summed E-state index contributed by atoms with van der Waals surface area (Å²) in [5.41, 5.74) is 0.705. The normalized spacial score (nSPS) is 11.9. The standard InChI is InChI=1S/C13H18ClNO2/c1-3-4-8-17-12-7-5-6-11(9-12)15-13(16)10(2)14/h5-7,9-10H,3-4,8H2,1-2H3,(H,15,16). The van der Waals surface area contributed by atoms with Crippen LogP contribution >= 0.6 is 11.6 Å². The predicted molar refractivity (Wildman–Crippen MR) is 70.8 cm³/mol. The molecule has 0 aliphatic rings. The summed E-state index contributed by atoms with van der Waals surface area (Å²) in [6, 6.07) is 7.32. The molecular weight excluding hydrogens is 238 g/mol. The lowest BCUT2D eigenvalue weighted by Gasteiger charge is -2.09. The molecule has 0 aliphatic heterocycles. The number of ether oxygens (including phenoxy) is 1. The zero-order chi connectivity index (χ0) is 12.7. The van der Waals surface area contributed by atoms with E-state index in [1.54, 1.807) is 13.0 Å². The van der Waals surface area contributed by atoms with Crippen LogP contribution in [0.5, 0.6) is 5.75 Å². The van der Waals surface area contributed by atoms with E-state index in [0.29, 0.717) is 12.3 Å². The SMILES string of the molecule is CCCCOc1cccc(NC(=O)C(C)Cl)c1. The first-order chi connectivity index (χ1) is 8.13. The Bertz CT molecular complexity index is 366. The van der Waals surface area contributed by atoms with Crippen LogP contribution in [0.4, 0.5) is 5.69 Å². The highest BCUT2D eigenvalue weighted by Gasteiger charge is 2.09. The number of anilines is 1. The molecule has 4 heteroatoms. The molecule has 0 radical (unpaired) electrons. The molecule has 0 heterocycles. The highest BCUT2D eigenvalue weighted by atomic mass is 35.5. The molecule has 1 aromatic carbocycles. The largest absolute Gasteiger partial charge is 0.494 e. The topological polar surface area (TPSA) is 38.3 Å². The van der Waals surface area contributed by atoms with Crippen molar-refractivity contribution in [2.45, 2.75) is 32.1 Å². The highest BCUT2D eigenvalue weighted by molar-refractivity contribution is 6.32. The van der Waals surface area contributed by atoms with Crippen LogP contribution < -0.4 is 10.1 Å². The van der Waals surface area contributed by atoms with Gasteiger partial charge >= 0.3 is 0 Å². The van der Waals surface area contributed by atoms with E-state index >= 15 is 0 Å². The molecule has 0 spiro atoms. The van der Waals surface area contributed by atoms with E-state index in [0.717, 1.165) is 18.6 Å². The van der Waals surface area contributed by atoms with Crippen molar-refractivity contribution >= 4 is 23.2 Å². The van der Waals surface area contributed by atoms with Gasteiger partial charge in [-0.25, -0.2) is 0 Å². The highest BCUT2D eigenvalue weighted by Crippen LogP contribution is 2.18. The van der Waals surface area contributed by atoms with E-state index in [2.05, 4.69) is 12.2 Å². The number of alkyl halides is 1. The van der Waals surface area contributed by atoms with E-state index in [1.807, 2.05) is 18.2 Å². The first kappa shape index (κ1) is 13.8. The van der Waals surface area contributed by atoms with Crippen molar-refractivity contribution in [1.29, 1.82) is 0 Å². The first-order valence-electron chi connectivity index (χ1n) is 5.81. The quantitative estimate of drug-likeness (QED) is 0.625. The molecule has 1 amide bonds. The Balaban J connectivity index is 2.56. The molecule has 1 rings (SSSR count). The van der Waals surface area contributed by atoms with Crippen LogP contribution in [0.2, 0.25) is 0 Å². The third-order valence-electron chi connectivity index (χ3n) is 2.23. The van der Waals surface area contributed by atoms with Gasteiger partial charge in [-0.3, -0.25) is 4.79 Å². The van der Waals surface area contributed by atoms with Gasteiger partial charge in [0.05, 0.1) is 6.61 Å². The van der Waals surface area contributed by atoms with E-state index in [9.17, 15) is 4.79 Å². The second-order valence-electron chi connectivity index (χ2n) is 3.84. The summed E-state index contributed by atoms with van der Waals surface area (Å²) in [5, 5.41) is 2.18. The minimum Gasteiger partial charge on any atom is -0.494 e. The second-order valence-corrected chi connectivity index (χ2v) is 4.49. The zero-order valence-corrected chi connectivity index (χ0v) is 11.0. The number of amides is 1. The van der Waals surface area contributed by atoms with Crippen LogP contribution in [0.3, 0.4) is 0 Å². The minimum absolute atomic E-state index is 0.211. The van der Waals surface area contributed by atoms with Crippen LogP contribution in [0.25, 0.3) is 0 Å². The number of benzene rings is 1. The maximum atomic E-state index is 11.4. The Morgan fingerprint density at radius 3 is 2.94 bits per heavy atom. The van der Waals surface area contributed by atoms with Crippen LogP contribution in [0, 0.1) is 0 Å². The maximum absolute atomic E-state index is 11.4. The lowest BCUT2D eigenvalue weighted by atomic mass is 10.3. The number of hydrogen-bond acceptors (Lipinski definition) is 2. The monoisotopic (exact) mass is 255 g/mol. The van der Waals surface area contributed by atoms with Gasteiger partial charge in [0.2, 0.25) is 5.91 Å². The molecular formula is C13H18ClNO2. The lowest BCUT2D eigenvalue weighted by molar-refractivity contribution is -0.115. The van der Waals surface area contributed by atoms with Gasteiger partial charge in [-0.2, -0.15) is 0 Å². The molecule has 3 nitrogen and oxygen atoms in total. The Kier molecular flexibility index (Phi) is 5.84. The summed E-state index contributed by atoms with van der Waals surface area (Å²) in [6.07, 6.45) is 2.12. The number of rotatable bonds is 6. The number of nitrogens with one attached hydrogen (secondary N) is 1. The van der Waals surface area contributed by atoms with Gasteiger partial charge in [-0.05, 0) is 25.5 Å². The van der Waals surface area contributed by atoms with Crippen LogP contribution in [-0.2, 0) is 4.79 Å². The molecule has 0 saturated carbocycles. The molecule has 0 bridgehead atoms. The minimum atomic E-state index is -0.542. The molecule has 0 aromatic heterocycles. The number of carbonyl (C=O) groups excluding carboxylic acids is 1. The predicted octanol–water partition coefficient (Wildman–Crippen LogP) is 3.43. The van der Waals surface area contributed by atoms with Crippen molar-refractivity contribution < 1.29 is 9.53 Å². The van der Waals surface area contributed by atoms with Crippen LogP contribution in [0.1, 0.15) is 26.7 Å². The number of hydrogen-bond donors (Lipinski definition) is 1. The van der Waals surface area contributed by atoms with E-state index in [4.69, 9.17) is 16.3 Å². The zero-order valence-electron chi connectivity index (χ0n) is 10.2. The van der Waals surface area contributed by atoms with Gasteiger partial charge in [0.15, 0.2) is 0 Å². The summed E-state index contributed by atoms with van der Waals surface area (Å²) in [5.74, 6) is 0.552. The van der Waals surface area contributed by atoms with Crippen molar-refractivity contribution in [2.24, 2.45) is 0 Å². The summed E-state index contributed by atoms with van der Waals surface area (Å²) < 4.78 is 5.54. The summed E-state index contributed by atoms with van der Waals surface area (Å²) in [4.78, 5) is 11.4. The van der Waals surface area contributed by atoms with Gasteiger partial charge in [0.1, 0.15) is 11.1 Å². The Morgan fingerprint density at radius 2 is 2.29 bits per heavy atom. The van der Waals surface area contributed by atoms with E-state index in [1.165, 1.54) is 0 Å². The van der Waals surface area contributed by atoms with Gasteiger partial charge in [-0.1, -0.05) is 19.4 Å². The fraction of sp³-hybridized carbons (Fsp3) is 0.462. The van der Waals surface area contributed by atoms with Crippen LogP contribution in [-0.4, -0.2) is 17.9 Å². The fourth-order valence-corrected chi connectivity index (χ4v) is 1.29. The smallest absolute Gasteiger partial charge is 0.242 e. The molecule has 1 N–H and O–H groups in total. The van der Waals surface area contributed by atoms with Crippen molar-refractivity contribution in [1.82, 2.24) is 0 Å². The average Bonchev–Trinajstić information content (AvgIpc) is 2.30. The van der Waals surface area contributed by atoms with Crippen molar-refractivity contribution in [3.05, 3.63) is 24.3 Å². The van der Waals surface area contributed by atoms with E-state index in [-0.39, 0.29) is 5.91 Å². The molecule has 17 heavy (non-hydrogen) atoms. The van der Waals surface area contributed by atoms with Gasteiger partial charge in [-0.15, -0.1) is 11.6 Å². The third kappa shape index (κ3) is 5.09. The Labute approximate surface area is 107 Å². The summed E-state index contributed by atoms with van der Waals surface area (Å²) in [6.45, 7) is 4.44. The first-order valence-corrected chi connectivity index (χ1v) is 6.25. The Morgan fingerprint density at radius 1 is 1.53 bits per heavy atom. The van der Waals surface area contributed by atoms with E-state index < -0.39 is 5.38 Å². The fourth-order valence-electron chi connectivity index (χ4n) is 1.24. The maximum Gasteiger partial charge on any atom is 0.242 e. The molecule has 1 aromatic rings. The second kappa shape index (κ2) is 7.17. The van der Waals surface area contributed by atoms with Gasteiger partial charge in [0, 0.05) is 11.8 Å². The molecule has 94 valence electrons. The number of carbonyl (C=O) groups is 1. The average molecular weight is 256 g/mol. The molecule has 1 unspecified atom stereocenters. The molecule has 1 atom stereocenters. The van der Waals surface area contributed by atoms with Gasteiger partial charge in [0.25, 0.3) is 0 Å².